The summed E-state index contributed by atoms with van der Waals surface area (Å²) in [5.41, 5.74) is 1.78. The molecular weight excluding hydrogens is 382 g/mol. The summed E-state index contributed by atoms with van der Waals surface area (Å²) >= 11 is 0. The van der Waals surface area contributed by atoms with Gasteiger partial charge < -0.3 is 23.9 Å². The molecule has 0 amide bonds. The number of aliphatic hydroxyl groups excluding tert-OH is 1. The molecule has 0 spiro atoms. The Balaban J connectivity index is 1.59. The number of benzene rings is 2. The highest BCUT2D eigenvalue weighted by atomic mass is 16.5. The molecule has 6 nitrogen and oxygen atoms in total. The summed E-state index contributed by atoms with van der Waals surface area (Å²) in [7, 11) is 0. The number of nitrogens with zero attached hydrogens (tertiary/aromatic N) is 1. The van der Waals surface area contributed by atoms with Crippen molar-refractivity contribution in [3.05, 3.63) is 54.1 Å². The monoisotopic (exact) mass is 409 g/mol. The standard InChI is InChI=1S/C24H27NO5/c1-2-28-24(27)22-20-14-19(29-16-18(26)15-25-12-6-7-13-25)10-11-21(20)30-23(22)17-8-4-3-5-9-17/h3-5,8-11,14,18,26H,2,6-7,12-13,15-16H2,1H3/t18-/m1/s1. The molecule has 1 saturated heterocycles. The van der Waals surface area contributed by atoms with Gasteiger partial charge in [0.1, 0.15) is 35.4 Å². The minimum Gasteiger partial charge on any atom is -0.491 e. The van der Waals surface area contributed by atoms with Gasteiger partial charge in [-0.15, -0.1) is 0 Å². The molecule has 2 aromatic carbocycles. The Kier molecular flexibility index (Phi) is 6.35. The molecule has 4 rings (SSSR count). The van der Waals surface area contributed by atoms with Crippen molar-refractivity contribution in [2.24, 2.45) is 0 Å². The molecule has 0 bridgehead atoms. The van der Waals surface area contributed by atoms with E-state index >= 15 is 0 Å². The summed E-state index contributed by atoms with van der Waals surface area (Å²) in [6, 6.07) is 14.8. The van der Waals surface area contributed by atoms with Crippen molar-refractivity contribution in [1.29, 1.82) is 0 Å². The van der Waals surface area contributed by atoms with Gasteiger partial charge in [0.25, 0.3) is 0 Å². The summed E-state index contributed by atoms with van der Waals surface area (Å²) in [6.07, 6.45) is 1.81. The Hall–Kier alpha value is -2.83. The predicted octanol–water partition coefficient (Wildman–Crippen LogP) is 4.11. The molecule has 1 aromatic heterocycles. The van der Waals surface area contributed by atoms with E-state index in [-0.39, 0.29) is 13.2 Å². The average molecular weight is 409 g/mol. The van der Waals surface area contributed by atoms with Crippen LogP contribution in [0.5, 0.6) is 5.75 Å². The Morgan fingerprint density at radius 2 is 1.93 bits per heavy atom. The van der Waals surface area contributed by atoms with Crippen molar-refractivity contribution in [3.8, 4) is 17.1 Å². The number of fused-ring (bicyclic) bond motifs is 1. The molecule has 3 aromatic rings. The van der Waals surface area contributed by atoms with Gasteiger partial charge in [-0.3, -0.25) is 0 Å². The van der Waals surface area contributed by atoms with E-state index in [0.29, 0.717) is 34.6 Å². The van der Waals surface area contributed by atoms with Crippen molar-refractivity contribution >= 4 is 16.9 Å². The van der Waals surface area contributed by atoms with Crippen LogP contribution in [-0.2, 0) is 4.74 Å². The maximum Gasteiger partial charge on any atom is 0.342 e. The zero-order valence-corrected chi connectivity index (χ0v) is 17.2. The first-order valence-electron chi connectivity index (χ1n) is 10.5. The summed E-state index contributed by atoms with van der Waals surface area (Å²) in [5, 5.41) is 10.9. The van der Waals surface area contributed by atoms with Crippen molar-refractivity contribution in [2.45, 2.75) is 25.9 Å². The molecular formula is C24H27NO5. The van der Waals surface area contributed by atoms with Gasteiger partial charge in [-0.2, -0.15) is 0 Å². The molecule has 1 aliphatic heterocycles. The minimum atomic E-state index is -0.562. The first-order valence-corrected chi connectivity index (χ1v) is 10.5. The zero-order valence-electron chi connectivity index (χ0n) is 17.2. The fourth-order valence-electron chi connectivity index (χ4n) is 3.87. The topological polar surface area (TPSA) is 72.1 Å². The van der Waals surface area contributed by atoms with Crippen molar-refractivity contribution < 1.29 is 23.8 Å². The third-order valence-corrected chi connectivity index (χ3v) is 5.28. The van der Waals surface area contributed by atoms with Gasteiger partial charge in [0.05, 0.1) is 6.61 Å². The van der Waals surface area contributed by atoms with E-state index in [9.17, 15) is 9.90 Å². The highest BCUT2D eigenvalue weighted by Crippen LogP contribution is 2.36. The Bertz CT molecular complexity index is 992. The normalized spacial score (nSPS) is 15.4. The third kappa shape index (κ3) is 4.50. The number of furan rings is 1. The van der Waals surface area contributed by atoms with Gasteiger partial charge >= 0.3 is 5.97 Å². The van der Waals surface area contributed by atoms with Gasteiger partial charge in [0, 0.05) is 17.5 Å². The molecule has 1 fully saturated rings. The summed E-state index contributed by atoms with van der Waals surface area (Å²) in [6.45, 7) is 4.92. The van der Waals surface area contributed by atoms with Crippen molar-refractivity contribution in [2.75, 3.05) is 32.8 Å². The summed E-state index contributed by atoms with van der Waals surface area (Å²) in [5.74, 6) is 0.630. The van der Waals surface area contributed by atoms with Crippen LogP contribution < -0.4 is 4.74 Å². The molecule has 0 aliphatic carbocycles. The summed E-state index contributed by atoms with van der Waals surface area (Å²) < 4.78 is 17.1. The number of hydrogen-bond acceptors (Lipinski definition) is 6. The number of likely N-dealkylation sites (tertiary alicyclic amines) is 1. The maximum absolute atomic E-state index is 12.7. The number of aliphatic hydroxyl groups is 1. The van der Waals surface area contributed by atoms with E-state index < -0.39 is 12.1 Å². The molecule has 2 heterocycles. The van der Waals surface area contributed by atoms with Crippen molar-refractivity contribution in [1.82, 2.24) is 4.90 Å². The van der Waals surface area contributed by atoms with Gasteiger partial charge in [-0.05, 0) is 51.1 Å². The maximum atomic E-state index is 12.7. The first-order chi connectivity index (χ1) is 14.7. The number of β-amino-alcohol motifs (C(OH)–C–C–N with tert-alkyl or cyclic N) is 1. The smallest absolute Gasteiger partial charge is 0.342 e. The number of ether oxygens (including phenoxy) is 2. The molecule has 0 radical (unpaired) electrons. The quantitative estimate of drug-likeness (QED) is 0.565. The molecule has 30 heavy (non-hydrogen) atoms. The van der Waals surface area contributed by atoms with Crippen LogP contribution in [-0.4, -0.2) is 54.9 Å². The van der Waals surface area contributed by atoms with Crippen LogP contribution in [0.25, 0.3) is 22.3 Å². The largest absolute Gasteiger partial charge is 0.491 e. The highest BCUT2D eigenvalue weighted by Gasteiger charge is 2.24. The Labute approximate surface area is 176 Å². The Morgan fingerprint density at radius 1 is 1.17 bits per heavy atom. The number of rotatable bonds is 8. The van der Waals surface area contributed by atoms with Crippen LogP contribution in [0.1, 0.15) is 30.1 Å². The lowest BCUT2D eigenvalue weighted by Gasteiger charge is -2.19. The second-order valence-corrected chi connectivity index (χ2v) is 7.52. The SMILES string of the molecule is CCOC(=O)c1c(-c2ccccc2)oc2ccc(OC[C@H](O)CN3CCCC3)cc12. The third-order valence-electron chi connectivity index (χ3n) is 5.28. The molecule has 1 N–H and O–H groups in total. The van der Waals surface area contributed by atoms with E-state index in [2.05, 4.69) is 4.90 Å². The van der Waals surface area contributed by atoms with Crippen molar-refractivity contribution in [3.63, 3.8) is 0 Å². The first kappa shape index (κ1) is 20.4. The number of carbonyl (C=O) groups is 1. The lowest BCUT2D eigenvalue weighted by Crippen LogP contribution is -2.33. The highest BCUT2D eigenvalue weighted by molar-refractivity contribution is 6.09. The van der Waals surface area contributed by atoms with Crippen LogP contribution in [0.15, 0.2) is 52.9 Å². The van der Waals surface area contributed by atoms with Crippen LogP contribution in [0.3, 0.4) is 0 Å². The number of esters is 1. The second-order valence-electron chi connectivity index (χ2n) is 7.52. The predicted molar refractivity (Wildman–Crippen MR) is 115 cm³/mol. The van der Waals surface area contributed by atoms with Crippen LogP contribution in [0.4, 0.5) is 0 Å². The Morgan fingerprint density at radius 3 is 2.67 bits per heavy atom. The molecule has 1 aliphatic rings. The van der Waals surface area contributed by atoms with E-state index in [0.717, 1.165) is 18.7 Å². The fraction of sp³-hybridized carbons (Fsp3) is 0.375. The van der Waals surface area contributed by atoms with Crippen LogP contribution in [0.2, 0.25) is 0 Å². The molecule has 0 saturated carbocycles. The fourth-order valence-corrected chi connectivity index (χ4v) is 3.87. The van der Waals surface area contributed by atoms with Gasteiger partial charge in [-0.25, -0.2) is 4.79 Å². The van der Waals surface area contributed by atoms with Gasteiger partial charge in [-0.1, -0.05) is 30.3 Å². The molecule has 0 unspecified atom stereocenters. The zero-order chi connectivity index (χ0) is 20.9. The average Bonchev–Trinajstić information content (AvgIpc) is 3.40. The second kappa shape index (κ2) is 9.32. The van der Waals surface area contributed by atoms with Crippen LogP contribution in [0, 0.1) is 0 Å². The molecule has 158 valence electrons. The lowest BCUT2D eigenvalue weighted by atomic mass is 10.1. The summed E-state index contributed by atoms with van der Waals surface area (Å²) in [4.78, 5) is 15.0. The van der Waals surface area contributed by atoms with Gasteiger partial charge in [0.2, 0.25) is 0 Å². The number of hydrogen-bond donors (Lipinski definition) is 1. The van der Waals surface area contributed by atoms with Gasteiger partial charge in [0.15, 0.2) is 0 Å². The molecule has 6 heteroatoms. The van der Waals surface area contributed by atoms with E-state index in [1.54, 1.807) is 25.1 Å². The number of carbonyl (C=O) groups excluding carboxylic acids is 1. The minimum absolute atomic E-state index is 0.195. The lowest BCUT2D eigenvalue weighted by molar-refractivity contribution is 0.0528. The van der Waals surface area contributed by atoms with E-state index in [1.807, 2.05) is 30.3 Å². The van der Waals surface area contributed by atoms with Crippen LogP contribution >= 0.6 is 0 Å². The molecule has 1 atom stereocenters. The van der Waals surface area contributed by atoms with E-state index in [4.69, 9.17) is 13.9 Å². The van der Waals surface area contributed by atoms with E-state index in [1.165, 1.54) is 12.8 Å².